The average Bonchev–Trinajstić information content (AvgIpc) is 2.62. The third-order valence-corrected chi connectivity index (χ3v) is 3.94. The fourth-order valence-corrected chi connectivity index (χ4v) is 2.63. The monoisotopic (exact) mass is 343 g/mol. The van der Waals surface area contributed by atoms with Gasteiger partial charge >= 0.3 is 0 Å². The lowest BCUT2D eigenvalue weighted by atomic mass is 10.2. The minimum atomic E-state index is -0.406. The summed E-state index contributed by atoms with van der Waals surface area (Å²) in [6.07, 6.45) is 0.785. The van der Waals surface area contributed by atoms with Crippen LogP contribution in [0, 0.1) is 12.7 Å². The van der Waals surface area contributed by atoms with E-state index >= 15 is 0 Å². The first-order valence-corrected chi connectivity index (χ1v) is 7.92. The highest BCUT2D eigenvalue weighted by Crippen LogP contribution is 2.19. The molecular weight excluding hydrogens is 325 g/mol. The van der Waals surface area contributed by atoms with Crippen molar-refractivity contribution in [2.45, 2.75) is 6.92 Å². The Morgan fingerprint density at radius 2 is 1.92 bits per heavy atom. The van der Waals surface area contributed by atoms with E-state index in [0.717, 1.165) is 6.41 Å². The topological polar surface area (TPSA) is 78.4 Å². The van der Waals surface area contributed by atoms with E-state index in [-0.39, 0.29) is 17.3 Å². The molecule has 0 aliphatic carbocycles. The molecule has 1 aromatic carbocycles. The molecule has 0 radical (unpaired) electrons. The number of carbonyl (C=O) groups is 2. The number of anilines is 2. The summed E-state index contributed by atoms with van der Waals surface area (Å²) in [7, 11) is 0. The zero-order valence-electron chi connectivity index (χ0n) is 13.8. The van der Waals surface area contributed by atoms with E-state index in [1.165, 1.54) is 12.1 Å². The lowest BCUT2D eigenvalue weighted by Gasteiger charge is -2.32. The molecule has 1 aliphatic rings. The highest BCUT2D eigenvalue weighted by molar-refractivity contribution is 5.93. The SMILES string of the molecule is Cc1nc(Nc2ccccc2F)cc(C(=O)N2CCN(C=O)CC2)n1. The van der Waals surface area contributed by atoms with Crippen LogP contribution in [0.5, 0.6) is 0 Å². The number of nitrogens with zero attached hydrogens (tertiary/aromatic N) is 4. The van der Waals surface area contributed by atoms with Crippen molar-refractivity contribution in [2.75, 3.05) is 31.5 Å². The molecule has 2 heterocycles. The normalized spacial score (nSPS) is 14.3. The minimum Gasteiger partial charge on any atom is -0.342 e. The first-order valence-electron chi connectivity index (χ1n) is 7.92. The zero-order valence-corrected chi connectivity index (χ0v) is 13.8. The van der Waals surface area contributed by atoms with Gasteiger partial charge in [0.1, 0.15) is 23.2 Å². The van der Waals surface area contributed by atoms with Crippen LogP contribution < -0.4 is 5.32 Å². The van der Waals surface area contributed by atoms with Crippen LogP contribution in [0.25, 0.3) is 0 Å². The number of piperazine rings is 1. The van der Waals surface area contributed by atoms with Crippen LogP contribution in [-0.2, 0) is 4.79 Å². The largest absolute Gasteiger partial charge is 0.342 e. The summed E-state index contributed by atoms with van der Waals surface area (Å²) in [5, 5.41) is 2.88. The highest BCUT2D eigenvalue weighted by atomic mass is 19.1. The van der Waals surface area contributed by atoms with Crippen LogP contribution in [0.2, 0.25) is 0 Å². The van der Waals surface area contributed by atoms with Crippen LogP contribution in [0.4, 0.5) is 15.9 Å². The number of aromatic nitrogens is 2. The Balaban J connectivity index is 1.78. The van der Waals surface area contributed by atoms with Gasteiger partial charge in [0.25, 0.3) is 5.91 Å². The molecule has 0 atom stereocenters. The first kappa shape index (κ1) is 16.8. The standard InChI is InChI=1S/C17H18FN5O2/c1-12-19-15(17(25)23-8-6-22(11-24)7-9-23)10-16(20-12)21-14-5-3-2-4-13(14)18/h2-5,10-11H,6-9H2,1H3,(H,19,20,21). The molecule has 130 valence electrons. The molecule has 1 aliphatic heterocycles. The molecule has 1 saturated heterocycles. The van der Waals surface area contributed by atoms with Crippen molar-refractivity contribution in [3.8, 4) is 0 Å². The number of para-hydroxylation sites is 1. The van der Waals surface area contributed by atoms with E-state index in [4.69, 9.17) is 0 Å². The van der Waals surface area contributed by atoms with Gasteiger partial charge in [-0.15, -0.1) is 0 Å². The van der Waals surface area contributed by atoms with Gasteiger partial charge in [-0.2, -0.15) is 0 Å². The van der Waals surface area contributed by atoms with Crippen LogP contribution in [0.1, 0.15) is 16.3 Å². The molecule has 7 nitrogen and oxygen atoms in total. The Kier molecular flexibility index (Phi) is 4.87. The summed E-state index contributed by atoms with van der Waals surface area (Å²) >= 11 is 0. The van der Waals surface area contributed by atoms with Crippen molar-refractivity contribution in [3.05, 3.63) is 47.7 Å². The number of aryl methyl sites for hydroxylation is 1. The van der Waals surface area contributed by atoms with Gasteiger partial charge in [0.05, 0.1) is 5.69 Å². The van der Waals surface area contributed by atoms with Gasteiger partial charge in [0.2, 0.25) is 6.41 Å². The second-order valence-corrected chi connectivity index (χ2v) is 5.72. The molecular formula is C17H18FN5O2. The van der Waals surface area contributed by atoms with E-state index in [1.807, 2.05) is 0 Å². The minimum absolute atomic E-state index is 0.229. The summed E-state index contributed by atoms with van der Waals surface area (Å²) in [6, 6.07) is 7.74. The molecule has 0 spiro atoms. The number of carbonyl (C=O) groups excluding carboxylic acids is 2. The summed E-state index contributed by atoms with van der Waals surface area (Å²) in [4.78, 5) is 35.1. The average molecular weight is 343 g/mol. The summed E-state index contributed by atoms with van der Waals surface area (Å²) in [6.45, 7) is 3.58. The Hall–Kier alpha value is -3.03. The van der Waals surface area contributed by atoms with Crippen LogP contribution >= 0.6 is 0 Å². The van der Waals surface area contributed by atoms with E-state index < -0.39 is 5.82 Å². The fourth-order valence-electron chi connectivity index (χ4n) is 2.63. The second-order valence-electron chi connectivity index (χ2n) is 5.72. The summed E-state index contributed by atoms with van der Waals surface area (Å²) in [5.74, 6) is 0.132. The van der Waals surface area contributed by atoms with Crippen LogP contribution in [0.15, 0.2) is 30.3 Å². The molecule has 0 saturated carbocycles. The van der Waals surface area contributed by atoms with E-state index in [9.17, 15) is 14.0 Å². The number of hydrogen-bond acceptors (Lipinski definition) is 5. The third kappa shape index (κ3) is 3.90. The van der Waals surface area contributed by atoms with Gasteiger partial charge < -0.3 is 15.1 Å². The van der Waals surface area contributed by atoms with Crippen molar-refractivity contribution in [1.82, 2.24) is 19.8 Å². The van der Waals surface area contributed by atoms with Crippen molar-refractivity contribution >= 4 is 23.8 Å². The maximum Gasteiger partial charge on any atom is 0.272 e. The number of hydrogen-bond donors (Lipinski definition) is 1. The number of nitrogens with one attached hydrogen (secondary N) is 1. The lowest BCUT2D eigenvalue weighted by molar-refractivity contribution is -0.119. The molecule has 2 aromatic rings. The van der Waals surface area contributed by atoms with Gasteiger partial charge in [-0.1, -0.05) is 12.1 Å². The predicted octanol–water partition coefficient (Wildman–Crippen LogP) is 1.58. The molecule has 25 heavy (non-hydrogen) atoms. The molecule has 3 rings (SSSR count). The highest BCUT2D eigenvalue weighted by Gasteiger charge is 2.23. The van der Waals surface area contributed by atoms with Gasteiger partial charge in [-0.3, -0.25) is 9.59 Å². The Labute approximate surface area is 144 Å². The van der Waals surface area contributed by atoms with Crippen molar-refractivity contribution in [1.29, 1.82) is 0 Å². The van der Waals surface area contributed by atoms with Crippen LogP contribution in [-0.4, -0.2) is 58.3 Å². The zero-order chi connectivity index (χ0) is 17.8. The molecule has 0 bridgehead atoms. The first-order chi connectivity index (χ1) is 12.1. The van der Waals surface area contributed by atoms with Gasteiger partial charge in [0, 0.05) is 32.2 Å². The summed E-state index contributed by atoms with van der Waals surface area (Å²) in [5.41, 5.74) is 0.518. The van der Waals surface area contributed by atoms with E-state index in [0.29, 0.717) is 37.8 Å². The third-order valence-electron chi connectivity index (χ3n) is 3.94. The smallest absolute Gasteiger partial charge is 0.272 e. The van der Waals surface area contributed by atoms with Gasteiger partial charge in [-0.05, 0) is 19.1 Å². The predicted molar refractivity (Wildman–Crippen MR) is 90.0 cm³/mol. The van der Waals surface area contributed by atoms with Crippen molar-refractivity contribution < 1.29 is 14.0 Å². The summed E-state index contributed by atoms with van der Waals surface area (Å²) < 4.78 is 13.8. The number of rotatable bonds is 4. The molecule has 1 fully saturated rings. The second kappa shape index (κ2) is 7.25. The lowest BCUT2D eigenvalue weighted by Crippen LogP contribution is -2.48. The number of amides is 2. The van der Waals surface area contributed by atoms with Crippen LogP contribution in [0.3, 0.4) is 0 Å². The Bertz CT molecular complexity index is 790. The van der Waals surface area contributed by atoms with Gasteiger partial charge in [0.15, 0.2) is 0 Å². The molecule has 2 amide bonds. The maximum absolute atomic E-state index is 13.8. The van der Waals surface area contributed by atoms with Gasteiger partial charge in [-0.25, -0.2) is 14.4 Å². The molecule has 1 aromatic heterocycles. The Morgan fingerprint density at radius 3 is 2.60 bits per heavy atom. The maximum atomic E-state index is 13.8. The number of benzene rings is 1. The van der Waals surface area contributed by atoms with E-state index in [1.54, 1.807) is 34.9 Å². The molecule has 0 unspecified atom stereocenters. The van der Waals surface area contributed by atoms with Crippen molar-refractivity contribution in [2.24, 2.45) is 0 Å². The quantitative estimate of drug-likeness (QED) is 0.853. The molecule has 8 heteroatoms. The number of halogens is 1. The molecule has 1 N–H and O–H groups in total. The Morgan fingerprint density at radius 1 is 1.20 bits per heavy atom. The van der Waals surface area contributed by atoms with Crippen molar-refractivity contribution in [3.63, 3.8) is 0 Å². The fraction of sp³-hybridized carbons (Fsp3) is 0.294. The van der Waals surface area contributed by atoms with E-state index in [2.05, 4.69) is 15.3 Å².